The second-order valence-corrected chi connectivity index (χ2v) is 8.08. The van der Waals surface area contributed by atoms with Crippen LogP contribution >= 0.6 is 22.9 Å². The molecule has 0 saturated heterocycles. The third-order valence-electron chi connectivity index (χ3n) is 4.51. The molecule has 0 saturated carbocycles. The Morgan fingerprint density at radius 1 is 1.03 bits per heavy atom. The van der Waals surface area contributed by atoms with E-state index in [1.807, 2.05) is 19.1 Å². The van der Waals surface area contributed by atoms with Crippen LogP contribution in [0, 0.1) is 6.92 Å². The number of hydrogen-bond donors (Lipinski definition) is 2. The van der Waals surface area contributed by atoms with E-state index in [2.05, 4.69) is 20.7 Å². The van der Waals surface area contributed by atoms with Crippen molar-refractivity contribution in [3.63, 3.8) is 0 Å². The van der Waals surface area contributed by atoms with Gasteiger partial charge in [-0.05, 0) is 48.9 Å². The van der Waals surface area contributed by atoms with E-state index >= 15 is 0 Å². The Bertz CT molecular complexity index is 1230. The quantitative estimate of drug-likeness (QED) is 0.438. The number of hydrogen-bond acceptors (Lipinski definition) is 5. The van der Waals surface area contributed by atoms with Crippen LogP contribution in [0.15, 0.2) is 60.1 Å². The first kappa shape index (κ1) is 20.8. The fourth-order valence-electron chi connectivity index (χ4n) is 3.17. The summed E-state index contributed by atoms with van der Waals surface area (Å²) in [6.07, 6.45) is 1.63. The third-order valence-corrected chi connectivity index (χ3v) is 5.46. The maximum absolute atomic E-state index is 12.4. The molecule has 0 fully saturated rings. The van der Waals surface area contributed by atoms with E-state index in [4.69, 9.17) is 11.6 Å². The molecule has 31 heavy (non-hydrogen) atoms. The Balaban J connectivity index is 1.70. The monoisotopic (exact) mass is 451 g/mol. The first-order chi connectivity index (χ1) is 14.9. The summed E-state index contributed by atoms with van der Waals surface area (Å²) >= 11 is 7.37. The Kier molecular flexibility index (Phi) is 5.83. The van der Waals surface area contributed by atoms with Gasteiger partial charge in [0.25, 0.3) is 5.91 Å². The van der Waals surface area contributed by atoms with Crippen LogP contribution in [-0.2, 0) is 4.79 Å². The Morgan fingerprint density at radius 2 is 1.74 bits per heavy atom. The highest BCUT2D eigenvalue weighted by Crippen LogP contribution is 2.34. The molecule has 2 aromatic carbocycles. The number of rotatable bonds is 5. The standard InChI is InChI=1S/C22H18ClN5O2S/c1-13-19(15-3-7-17(23)8-4-15)20(25-14(2)29)28(27-13)18-9-5-16(6-10-18)21(30)26-22-24-11-12-31-22/h3-12H,1-2H3,(H,25,29)(H,24,26,30). The van der Waals surface area contributed by atoms with Crippen LogP contribution < -0.4 is 10.6 Å². The molecular weight excluding hydrogens is 434 g/mol. The molecule has 0 atom stereocenters. The minimum absolute atomic E-state index is 0.212. The predicted molar refractivity (Wildman–Crippen MR) is 123 cm³/mol. The second kappa shape index (κ2) is 8.71. The Hall–Kier alpha value is -3.49. The Morgan fingerprint density at radius 3 is 2.35 bits per heavy atom. The normalized spacial score (nSPS) is 10.7. The molecule has 0 unspecified atom stereocenters. The summed E-state index contributed by atoms with van der Waals surface area (Å²) in [5.41, 5.74) is 3.63. The molecule has 0 aliphatic rings. The van der Waals surface area contributed by atoms with Gasteiger partial charge in [-0.2, -0.15) is 5.10 Å². The summed E-state index contributed by atoms with van der Waals surface area (Å²) in [4.78, 5) is 28.4. The van der Waals surface area contributed by atoms with E-state index in [0.717, 1.165) is 16.8 Å². The Labute approximate surface area is 187 Å². The summed E-state index contributed by atoms with van der Waals surface area (Å²) in [7, 11) is 0. The van der Waals surface area contributed by atoms with Gasteiger partial charge in [0.1, 0.15) is 5.82 Å². The van der Waals surface area contributed by atoms with Crippen LogP contribution in [0.25, 0.3) is 16.8 Å². The number of carbonyl (C=O) groups excluding carboxylic acids is 2. The fourth-order valence-corrected chi connectivity index (χ4v) is 3.82. The van der Waals surface area contributed by atoms with Crippen molar-refractivity contribution in [1.82, 2.24) is 14.8 Å². The van der Waals surface area contributed by atoms with Gasteiger partial charge in [0.05, 0.1) is 11.4 Å². The van der Waals surface area contributed by atoms with Gasteiger partial charge >= 0.3 is 0 Å². The molecule has 4 aromatic rings. The maximum atomic E-state index is 12.4. The summed E-state index contributed by atoms with van der Waals surface area (Å²) in [5, 5.41) is 13.2. The lowest BCUT2D eigenvalue weighted by molar-refractivity contribution is -0.114. The second-order valence-electron chi connectivity index (χ2n) is 6.75. The maximum Gasteiger partial charge on any atom is 0.257 e. The van der Waals surface area contributed by atoms with Crippen molar-refractivity contribution in [3.05, 3.63) is 76.4 Å². The van der Waals surface area contributed by atoms with E-state index in [1.54, 1.807) is 52.7 Å². The number of halogens is 1. The molecule has 0 spiro atoms. The average Bonchev–Trinajstić information content (AvgIpc) is 3.36. The van der Waals surface area contributed by atoms with Gasteiger partial charge in [-0.3, -0.25) is 14.9 Å². The molecule has 7 nitrogen and oxygen atoms in total. The number of nitrogens with one attached hydrogen (secondary N) is 2. The topological polar surface area (TPSA) is 88.9 Å². The zero-order chi connectivity index (χ0) is 22.0. The zero-order valence-corrected chi connectivity index (χ0v) is 18.3. The summed E-state index contributed by atoms with van der Waals surface area (Å²) in [5.74, 6) is 0.0882. The minimum Gasteiger partial charge on any atom is -0.310 e. The van der Waals surface area contributed by atoms with E-state index in [-0.39, 0.29) is 11.8 Å². The molecule has 2 aromatic heterocycles. The molecule has 4 rings (SSSR count). The molecule has 2 N–H and O–H groups in total. The largest absolute Gasteiger partial charge is 0.310 e. The molecule has 0 bridgehead atoms. The number of aryl methyl sites for hydroxylation is 1. The molecule has 9 heteroatoms. The van der Waals surface area contributed by atoms with Gasteiger partial charge in [-0.15, -0.1) is 11.3 Å². The lowest BCUT2D eigenvalue weighted by Gasteiger charge is -2.11. The van der Waals surface area contributed by atoms with Crippen molar-refractivity contribution in [3.8, 4) is 16.8 Å². The molecule has 2 heterocycles. The number of benzene rings is 2. The highest BCUT2D eigenvalue weighted by Gasteiger charge is 2.19. The number of nitrogens with zero attached hydrogens (tertiary/aromatic N) is 3. The number of aromatic nitrogens is 3. The molecule has 0 radical (unpaired) electrons. The van der Waals surface area contributed by atoms with Crippen LogP contribution in [-0.4, -0.2) is 26.6 Å². The molecule has 156 valence electrons. The summed E-state index contributed by atoms with van der Waals surface area (Å²) in [6, 6.07) is 14.3. The van der Waals surface area contributed by atoms with Crippen molar-refractivity contribution in [2.75, 3.05) is 10.6 Å². The number of amides is 2. The van der Waals surface area contributed by atoms with Crippen molar-refractivity contribution in [2.24, 2.45) is 0 Å². The molecule has 2 amide bonds. The van der Waals surface area contributed by atoms with E-state index in [0.29, 0.717) is 27.2 Å². The SMILES string of the molecule is CC(=O)Nc1c(-c2ccc(Cl)cc2)c(C)nn1-c1ccc(C(=O)Nc2nccs2)cc1. The van der Waals surface area contributed by atoms with Crippen LogP contribution in [0.4, 0.5) is 10.9 Å². The van der Waals surface area contributed by atoms with Gasteiger partial charge in [0.2, 0.25) is 5.91 Å². The molecule has 0 aliphatic carbocycles. The van der Waals surface area contributed by atoms with Crippen molar-refractivity contribution >= 4 is 45.7 Å². The van der Waals surface area contributed by atoms with Gasteiger partial charge < -0.3 is 5.32 Å². The highest BCUT2D eigenvalue weighted by atomic mass is 35.5. The lowest BCUT2D eigenvalue weighted by atomic mass is 10.1. The van der Waals surface area contributed by atoms with E-state index in [1.165, 1.54) is 18.3 Å². The number of carbonyl (C=O) groups is 2. The smallest absolute Gasteiger partial charge is 0.257 e. The highest BCUT2D eigenvalue weighted by molar-refractivity contribution is 7.13. The van der Waals surface area contributed by atoms with Crippen LogP contribution in [0.2, 0.25) is 5.02 Å². The van der Waals surface area contributed by atoms with Crippen LogP contribution in [0.5, 0.6) is 0 Å². The first-order valence-electron chi connectivity index (χ1n) is 9.37. The average molecular weight is 452 g/mol. The molecule has 0 aliphatic heterocycles. The van der Waals surface area contributed by atoms with E-state index in [9.17, 15) is 9.59 Å². The lowest BCUT2D eigenvalue weighted by Crippen LogP contribution is -2.13. The first-order valence-corrected chi connectivity index (χ1v) is 10.6. The summed E-state index contributed by atoms with van der Waals surface area (Å²) < 4.78 is 1.66. The number of anilines is 2. The zero-order valence-electron chi connectivity index (χ0n) is 16.7. The van der Waals surface area contributed by atoms with Crippen molar-refractivity contribution < 1.29 is 9.59 Å². The number of thiazole rings is 1. The minimum atomic E-state index is -0.248. The van der Waals surface area contributed by atoms with Gasteiger partial charge in [-0.25, -0.2) is 9.67 Å². The van der Waals surface area contributed by atoms with E-state index < -0.39 is 0 Å². The molecular formula is C22H18ClN5O2S. The van der Waals surface area contributed by atoms with Gasteiger partial charge in [-0.1, -0.05) is 23.7 Å². The van der Waals surface area contributed by atoms with Crippen LogP contribution in [0.3, 0.4) is 0 Å². The van der Waals surface area contributed by atoms with Gasteiger partial charge in [0.15, 0.2) is 5.13 Å². The van der Waals surface area contributed by atoms with Crippen molar-refractivity contribution in [2.45, 2.75) is 13.8 Å². The van der Waals surface area contributed by atoms with Crippen molar-refractivity contribution in [1.29, 1.82) is 0 Å². The fraction of sp³-hybridized carbons (Fsp3) is 0.0909. The third kappa shape index (κ3) is 4.50. The van der Waals surface area contributed by atoms with Crippen LogP contribution in [0.1, 0.15) is 23.0 Å². The summed E-state index contributed by atoms with van der Waals surface area (Å²) in [6.45, 7) is 3.33. The van der Waals surface area contributed by atoms with Gasteiger partial charge in [0, 0.05) is 34.7 Å². The predicted octanol–water partition coefficient (Wildman–Crippen LogP) is 5.17.